The third kappa shape index (κ3) is 3.44. The van der Waals surface area contributed by atoms with Gasteiger partial charge in [0.25, 0.3) is 0 Å². The second-order valence-corrected chi connectivity index (χ2v) is 4.17. The summed E-state index contributed by atoms with van der Waals surface area (Å²) in [5, 5.41) is 0. The summed E-state index contributed by atoms with van der Waals surface area (Å²) < 4.78 is 16.2. The number of carbonyl (C=O) groups excluding carboxylic acids is 1. The zero-order valence-electron chi connectivity index (χ0n) is 11.0. The van der Waals surface area contributed by atoms with E-state index in [-0.39, 0.29) is 11.9 Å². The second-order valence-electron chi connectivity index (χ2n) is 4.17. The van der Waals surface area contributed by atoms with Crippen LogP contribution >= 0.6 is 0 Å². The first-order valence-corrected chi connectivity index (χ1v) is 5.57. The number of hydrogen-bond acceptors (Lipinski definition) is 6. The van der Waals surface area contributed by atoms with E-state index in [1.165, 1.54) is 20.4 Å². The van der Waals surface area contributed by atoms with Gasteiger partial charge in [0, 0.05) is 20.4 Å². The molecule has 0 saturated heterocycles. The standard InChI is InChI=1S/C11H19N3O4/c1-7(2)6-18-11(15)14-5-8(13-10(14)12)9(16-3)17-4/h5,7,9H,6H2,1-4H3,(H2,12,13). The van der Waals surface area contributed by atoms with Crippen molar-refractivity contribution >= 4 is 12.0 Å². The molecule has 1 rings (SSSR count). The fraction of sp³-hybridized carbons (Fsp3) is 0.636. The smallest absolute Gasteiger partial charge is 0.420 e. The van der Waals surface area contributed by atoms with Crippen LogP contribution in [0.1, 0.15) is 25.8 Å². The molecule has 0 spiro atoms. The Labute approximate surface area is 106 Å². The zero-order chi connectivity index (χ0) is 13.7. The lowest BCUT2D eigenvalue weighted by Crippen LogP contribution is -2.17. The van der Waals surface area contributed by atoms with Gasteiger partial charge in [0.2, 0.25) is 12.2 Å². The molecule has 0 amide bonds. The maximum Gasteiger partial charge on any atom is 0.420 e. The molecule has 1 aromatic rings. The van der Waals surface area contributed by atoms with Crippen LogP contribution < -0.4 is 5.73 Å². The third-order valence-electron chi connectivity index (χ3n) is 2.16. The molecule has 0 radical (unpaired) electrons. The van der Waals surface area contributed by atoms with Gasteiger partial charge in [-0.25, -0.2) is 14.3 Å². The topological polar surface area (TPSA) is 88.6 Å². The Hall–Kier alpha value is -1.60. The first kappa shape index (κ1) is 14.5. The van der Waals surface area contributed by atoms with E-state index in [1.54, 1.807) is 0 Å². The first-order chi connectivity index (χ1) is 8.49. The SMILES string of the molecule is COC(OC)c1cn(C(=O)OCC(C)C)c(N)n1. The van der Waals surface area contributed by atoms with Crippen LogP contribution in [0.4, 0.5) is 10.7 Å². The van der Waals surface area contributed by atoms with Crippen LogP contribution in [0.5, 0.6) is 0 Å². The van der Waals surface area contributed by atoms with Crippen molar-refractivity contribution in [2.45, 2.75) is 20.1 Å². The van der Waals surface area contributed by atoms with Crippen molar-refractivity contribution in [3.8, 4) is 0 Å². The van der Waals surface area contributed by atoms with Gasteiger partial charge in [-0.05, 0) is 5.92 Å². The van der Waals surface area contributed by atoms with E-state index in [0.717, 1.165) is 4.57 Å². The molecule has 0 unspecified atom stereocenters. The fourth-order valence-electron chi connectivity index (χ4n) is 1.32. The Bertz CT molecular complexity index is 399. The average molecular weight is 257 g/mol. The van der Waals surface area contributed by atoms with Crippen LogP contribution in [-0.2, 0) is 14.2 Å². The molecule has 0 atom stereocenters. The fourth-order valence-corrected chi connectivity index (χ4v) is 1.32. The highest BCUT2D eigenvalue weighted by Crippen LogP contribution is 2.18. The number of nitrogens with two attached hydrogens (primary N) is 1. The number of imidazole rings is 1. The van der Waals surface area contributed by atoms with Gasteiger partial charge in [-0.3, -0.25) is 0 Å². The number of methoxy groups -OCH3 is 2. The number of hydrogen-bond donors (Lipinski definition) is 1. The first-order valence-electron chi connectivity index (χ1n) is 5.57. The number of nitrogens with zero attached hydrogens (tertiary/aromatic N) is 2. The number of nitrogen functional groups attached to an aromatic ring is 1. The summed E-state index contributed by atoms with van der Waals surface area (Å²) in [4.78, 5) is 15.7. The third-order valence-corrected chi connectivity index (χ3v) is 2.16. The number of carbonyl (C=O) groups is 1. The van der Waals surface area contributed by atoms with Crippen LogP contribution in [0, 0.1) is 5.92 Å². The lowest BCUT2D eigenvalue weighted by atomic mass is 10.2. The minimum Gasteiger partial charge on any atom is -0.449 e. The molecule has 0 bridgehead atoms. The Morgan fingerprint density at radius 1 is 1.44 bits per heavy atom. The molecular weight excluding hydrogens is 238 g/mol. The van der Waals surface area contributed by atoms with E-state index in [9.17, 15) is 4.79 Å². The molecule has 0 aliphatic carbocycles. The number of ether oxygens (including phenoxy) is 3. The summed E-state index contributed by atoms with van der Waals surface area (Å²) in [5.74, 6) is 0.293. The molecule has 1 aromatic heterocycles. The van der Waals surface area contributed by atoms with Crippen LogP contribution in [0.15, 0.2) is 6.20 Å². The number of anilines is 1. The molecular formula is C11H19N3O4. The van der Waals surface area contributed by atoms with Crippen molar-refractivity contribution in [1.29, 1.82) is 0 Å². The summed E-state index contributed by atoms with van der Waals surface area (Å²) in [6.07, 6.45) is 0.215. The predicted molar refractivity (Wildman–Crippen MR) is 65.0 cm³/mol. The highest BCUT2D eigenvalue weighted by Gasteiger charge is 2.19. The molecule has 1 heterocycles. The Kier molecular flexibility index (Phi) is 5.11. The summed E-state index contributed by atoms with van der Waals surface area (Å²) >= 11 is 0. The van der Waals surface area contributed by atoms with Crippen molar-refractivity contribution < 1.29 is 19.0 Å². The van der Waals surface area contributed by atoms with Crippen LogP contribution in [0.25, 0.3) is 0 Å². The van der Waals surface area contributed by atoms with Crippen LogP contribution in [0.2, 0.25) is 0 Å². The summed E-state index contributed by atoms with van der Waals surface area (Å²) in [7, 11) is 2.95. The Morgan fingerprint density at radius 2 is 2.06 bits per heavy atom. The Balaban J connectivity index is 2.80. The maximum atomic E-state index is 11.7. The monoisotopic (exact) mass is 257 g/mol. The van der Waals surface area contributed by atoms with E-state index in [0.29, 0.717) is 12.3 Å². The van der Waals surface area contributed by atoms with Crippen LogP contribution in [-0.4, -0.2) is 36.5 Å². The van der Waals surface area contributed by atoms with E-state index < -0.39 is 12.4 Å². The zero-order valence-corrected chi connectivity index (χ0v) is 11.0. The van der Waals surface area contributed by atoms with E-state index >= 15 is 0 Å². The van der Waals surface area contributed by atoms with E-state index in [4.69, 9.17) is 19.9 Å². The van der Waals surface area contributed by atoms with E-state index in [2.05, 4.69) is 4.98 Å². The summed E-state index contributed by atoms with van der Waals surface area (Å²) in [5.41, 5.74) is 6.05. The molecule has 0 aromatic carbocycles. The second kappa shape index (κ2) is 6.36. The molecule has 7 heteroatoms. The minimum atomic E-state index is -0.661. The molecule has 18 heavy (non-hydrogen) atoms. The van der Waals surface area contributed by atoms with Gasteiger partial charge in [0.15, 0.2) is 0 Å². The maximum absolute atomic E-state index is 11.7. The molecule has 0 aliphatic rings. The van der Waals surface area contributed by atoms with E-state index in [1.807, 2.05) is 13.8 Å². The highest BCUT2D eigenvalue weighted by molar-refractivity contribution is 5.73. The summed E-state index contributed by atoms with van der Waals surface area (Å²) in [6.45, 7) is 4.22. The van der Waals surface area contributed by atoms with Gasteiger partial charge < -0.3 is 19.9 Å². The van der Waals surface area contributed by atoms with Gasteiger partial charge in [0.1, 0.15) is 5.69 Å². The Morgan fingerprint density at radius 3 is 2.56 bits per heavy atom. The number of aromatic nitrogens is 2. The predicted octanol–water partition coefficient (Wildman–Crippen LogP) is 1.40. The van der Waals surface area contributed by atoms with Crippen molar-refractivity contribution in [3.63, 3.8) is 0 Å². The van der Waals surface area contributed by atoms with Crippen molar-refractivity contribution in [2.24, 2.45) is 5.92 Å². The average Bonchev–Trinajstić information content (AvgIpc) is 2.70. The van der Waals surface area contributed by atoms with Gasteiger partial charge >= 0.3 is 6.09 Å². The molecule has 2 N–H and O–H groups in total. The molecule has 102 valence electrons. The quantitative estimate of drug-likeness (QED) is 0.802. The van der Waals surface area contributed by atoms with Gasteiger partial charge in [0.05, 0.1) is 6.61 Å². The molecule has 0 aliphatic heterocycles. The van der Waals surface area contributed by atoms with Gasteiger partial charge in [-0.1, -0.05) is 13.8 Å². The highest BCUT2D eigenvalue weighted by atomic mass is 16.7. The number of rotatable bonds is 5. The van der Waals surface area contributed by atoms with Crippen LogP contribution in [0.3, 0.4) is 0 Å². The largest absolute Gasteiger partial charge is 0.449 e. The van der Waals surface area contributed by atoms with Crippen molar-refractivity contribution in [3.05, 3.63) is 11.9 Å². The lowest BCUT2D eigenvalue weighted by molar-refractivity contribution is -0.108. The van der Waals surface area contributed by atoms with Gasteiger partial charge in [-0.15, -0.1) is 0 Å². The molecule has 0 fully saturated rings. The lowest BCUT2D eigenvalue weighted by Gasteiger charge is -2.09. The van der Waals surface area contributed by atoms with Crippen molar-refractivity contribution in [1.82, 2.24) is 9.55 Å². The molecule has 0 saturated carbocycles. The summed E-state index contributed by atoms with van der Waals surface area (Å²) in [6, 6.07) is 0. The van der Waals surface area contributed by atoms with Gasteiger partial charge in [-0.2, -0.15) is 0 Å². The minimum absolute atomic E-state index is 0.0397. The van der Waals surface area contributed by atoms with Crippen molar-refractivity contribution in [2.75, 3.05) is 26.6 Å². The normalized spacial score (nSPS) is 11.2. The molecule has 7 nitrogen and oxygen atoms in total.